The van der Waals surface area contributed by atoms with Crippen molar-refractivity contribution in [1.29, 1.82) is 0 Å². The second kappa shape index (κ2) is 7.27. The molecule has 17 heavy (non-hydrogen) atoms. The van der Waals surface area contributed by atoms with Gasteiger partial charge in [0.15, 0.2) is 0 Å². The molecular formula is C8H10CaO6P2. The first-order valence-corrected chi connectivity index (χ1v) is 7.71. The molecule has 9 heteroatoms. The molecule has 0 saturated heterocycles. The van der Waals surface area contributed by atoms with Crippen LogP contribution in [0, 0.1) is 0 Å². The van der Waals surface area contributed by atoms with Gasteiger partial charge >= 0.3 is 45.3 Å². The maximum atomic E-state index is 11.8. The minimum Gasteiger partial charge on any atom is -0.810 e. The third kappa shape index (κ3) is 6.94. The van der Waals surface area contributed by atoms with Gasteiger partial charge in [0.25, 0.3) is 0 Å². The van der Waals surface area contributed by atoms with Crippen LogP contribution in [-0.4, -0.2) is 50.8 Å². The Morgan fingerprint density at radius 3 is 2.12 bits per heavy atom. The molecule has 0 bridgehead atoms. The topological polar surface area (TPSA) is 98.7 Å². The normalized spacial score (nSPS) is 14.5. The van der Waals surface area contributed by atoms with E-state index in [0.29, 0.717) is 0 Å². The van der Waals surface area contributed by atoms with E-state index in [9.17, 15) is 18.9 Å². The summed E-state index contributed by atoms with van der Waals surface area (Å²) in [4.78, 5) is 21.1. The van der Waals surface area contributed by atoms with Crippen molar-refractivity contribution in [2.24, 2.45) is 0 Å². The predicted octanol–water partition coefficient (Wildman–Crippen LogP) is 0.395. The Balaban J connectivity index is 0.00000256. The summed E-state index contributed by atoms with van der Waals surface area (Å²) in [6.07, 6.45) is 0. The first-order chi connectivity index (χ1) is 7.35. The van der Waals surface area contributed by atoms with Gasteiger partial charge in [-0.1, -0.05) is 25.8 Å². The zero-order valence-corrected chi connectivity index (χ0v) is 13.1. The smallest absolute Gasteiger partial charge is 0.810 e. The van der Waals surface area contributed by atoms with Crippen molar-refractivity contribution in [3.63, 3.8) is 0 Å². The molecule has 0 aromatic heterocycles. The molecule has 0 aliphatic heterocycles. The molecular weight excluding hydrogens is 294 g/mol. The Kier molecular flexibility index (Phi) is 7.53. The van der Waals surface area contributed by atoms with Crippen LogP contribution >= 0.6 is 15.2 Å². The minimum atomic E-state index is -4.95. The molecule has 1 aromatic rings. The predicted molar refractivity (Wildman–Crippen MR) is 59.9 cm³/mol. The summed E-state index contributed by atoms with van der Waals surface area (Å²) in [6.45, 7) is 0. The Bertz CT molecular complexity index is 431. The number of hydrogen-bond acceptors (Lipinski definition) is 6. The standard InChI is InChI=1S/C8H12O6P2.Ca/c1-13-16(12,7-15(9,10)11)14-8-5-3-2-4-6-8;/h2-6H,7H2,1H3,(H2,9,10,11);/q;+2/p-2. The van der Waals surface area contributed by atoms with Gasteiger partial charge in [-0.05, 0) is 12.1 Å². The fourth-order valence-corrected chi connectivity index (χ4v) is 3.89. The van der Waals surface area contributed by atoms with Crippen molar-refractivity contribution < 1.29 is 28.0 Å². The molecule has 0 saturated carbocycles. The minimum absolute atomic E-state index is 0. The zero-order chi connectivity index (χ0) is 12.2. The molecule has 1 aromatic carbocycles. The summed E-state index contributed by atoms with van der Waals surface area (Å²) in [7, 11) is -7.86. The van der Waals surface area contributed by atoms with Crippen LogP contribution in [0.4, 0.5) is 0 Å². The van der Waals surface area contributed by atoms with E-state index in [1.165, 1.54) is 12.1 Å². The maximum Gasteiger partial charge on any atom is 2.00 e. The van der Waals surface area contributed by atoms with Gasteiger partial charge in [0, 0.05) is 7.11 Å². The second-order valence-corrected chi connectivity index (χ2v) is 7.07. The second-order valence-electron chi connectivity index (χ2n) is 2.95. The number of para-hydroxylation sites is 1. The van der Waals surface area contributed by atoms with Crippen molar-refractivity contribution >= 4 is 52.9 Å². The van der Waals surface area contributed by atoms with E-state index in [-0.39, 0.29) is 43.5 Å². The fourth-order valence-electron chi connectivity index (χ4n) is 0.978. The van der Waals surface area contributed by atoms with Crippen LogP contribution in [0.15, 0.2) is 30.3 Å². The van der Waals surface area contributed by atoms with E-state index in [4.69, 9.17) is 4.52 Å². The number of hydrogen-bond donors (Lipinski definition) is 0. The molecule has 0 aliphatic carbocycles. The summed E-state index contributed by atoms with van der Waals surface area (Å²) in [5, 5.41) is 0. The molecule has 1 rings (SSSR count). The van der Waals surface area contributed by atoms with E-state index in [1.807, 2.05) is 0 Å². The summed E-state index contributed by atoms with van der Waals surface area (Å²) in [6, 6.07) is 7.89. The molecule has 0 spiro atoms. The van der Waals surface area contributed by atoms with Crippen LogP contribution in [0.3, 0.4) is 0 Å². The maximum absolute atomic E-state index is 11.8. The van der Waals surface area contributed by atoms with Crippen molar-refractivity contribution in [2.75, 3.05) is 13.0 Å². The largest absolute Gasteiger partial charge is 2.00 e. The first kappa shape index (κ1) is 17.6. The van der Waals surface area contributed by atoms with Crippen molar-refractivity contribution in [1.82, 2.24) is 0 Å². The summed E-state index contributed by atoms with van der Waals surface area (Å²) in [5.74, 6) is -0.980. The van der Waals surface area contributed by atoms with Crippen LogP contribution in [0.5, 0.6) is 5.75 Å². The average molecular weight is 304 g/mol. The number of benzene rings is 1. The monoisotopic (exact) mass is 304 g/mol. The van der Waals surface area contributed by atoms with Gasteiger partial charge in [0.2, 0.25) is 0 Å². The molecule has 90 valence electrons. The summed E-state index contributed by atoms with van der Waals surface area (Å²) >= 11 is 0. The molecule has 0 amide bonds. The number of rotatable bonds is 5. The van der Waals surface area contributed by atoms with Gasteiger partial charge in [-0.2, -0.15) is 0 Å². The van der Waals surface area contributed by atoms with Crippen LogP contribution in [-0.2, 0) is 13.7 Å². The van der Waals surface area contributed by atoms with E-state index >= 15 is 0 Å². The Morgan fingerprint density at radius 2 is 1.71 bits per heavy atom. The van der Waals surface area contributed by atoms with Crippen molar-refractivity contribution in [3.05, 3.63) is 30.3 Å². The van der Waals surface area contributed by atoms with Crippen LogP contribution in [0.2, 0.25) is 0 Å². The zero-order valence-electron chi connectivity index (χ0n) is 9.14. The molecule has 6 nitrogen and oxygen atoms in total. The van der Waals surface area contributed by atoms with Gasteiger partial charge in [-0.25, -0.2) is 4.57 Å². The molecule has 0 heterocycles. The fraction of sp³-hybridized carbons (Fsp3) is 0.250. The van der Waals surface area contributed by atoms with Crippen molar-refractivity contribution in [2.45, 2.75) is 0 Å². The van der Waals surface area contributed by atoms with Gasteiger partial charge < -0.3 is 23.4 Å². The Labute approximate surface area is 129 Å². The third-order valence-electron chi connectivity index (χ3n) is 1.61. The summed E-state index contributed by atoms with van der Waals surface area (Å²) < 4.78 is 31.7. The van der Waals surface area contributed by atoms with E-state index in [1.54, 1.807) is 18.2 Å². The van der Waals surface area contributed by atoms with Crippen LogP contribution in [0.1, 0.15) is 0 Å². The van der Waals surface area contributed by atoms with E-state index in [2.05, 4.69) is 4.52 Å². The molecule has 0 aliphatic rings. The molecule has 0 fully saturated rings. The van der Waals surface area contributed by atoms with Crippen LogP contribution in [0.25, 0.3) is 0 Å². The van der Waals surface area contributed by atoms with Gasteiger partial charge in [-0.3, -0.25) is 0 Å². The van der Waals surface area contributed by atoms with Crippen LogP contribution < -0.4 is 14.3 Å². The van der Waals surface area contributed by atoms with E-state index < -0.39 is 21.1 Å². The van der Waals surface area contributed by atoms with Crippen molar-refractivity contribution in [3.8, 4) is 5.75 Å². The van der Waals surface area contributed by atoms with Gasteiger partial charge in [0.1, 0.15) is 5.75 Å². The quantitative estimate of drug-likeness (QED) is 0.576. The van der Waals surface area contributed by atoms with E-state index in [0.717, 1.165) is 7.11 Å². The Morgan fingerprint density at radius 1 is 1.18 bits per heavy atom. The molecule has 0 N–H and O–H groups in total. The SMILES string of the molecule is COP(=O)(CP(=O)([O-])[O-])Oc1ccccc1.[Ca+2]. The summed E-state index contributed by atoms with van der Waals surface area (Å²) in [5.41, 5.74) is 0. The molecule has 1 unspecified atom stereocenters. The molecule has 1 atom stereocenters. The molecule has 0 radical (unpaired) electrons. The Hall–Kier alpha value is 0.620. The van der Waals surface area contributed by atoms with Gasteiger partial charge in [0.05, 0.1) is 5.90 Å². The average Bonchev–Trinajstić information content (AvgIpc) is 2.16. The third-order valence-corrected chi connectivity index (χ3v) is 5.43. The first-order valence-electron chi connectivity index (χ1n) is 4.25. The van der Waals surface area contributed by atoms with Gasteiger partial charge in [-0.15, -0.1) is 0 Å².